The third kappa shape index (κ3) is 3.49. The van der Waals surface area contributed by atoms with Crippen molar-refractivity contribution in [3.63, 3.8) is 0 Å². The fourth-order valence-electron chi connectivity index (χ4n) is 0.854. The smallest absolute Gasteiger partial charge is 0.445 e. The summed E-state index contributed by atoms with van der Waals surface area (Å²) in [5, 5.41) is 18.3. The van der Waals surface area contributed by atoms with E-state index in [9.17, 15) is 13.5 Å². The Kier molecular flexibility index (Phi) is 3.17. The third-order valence-corrected chi connectivity index (χ3v) is 1.83. The lowest BCUT2D eigenvalue weighted by molar-refractivity contribution is 0.357. The Labute approximate surface area is 86.0 Å². The largest absolute Gasteiger partial charge is 0.504 e. The molecular weight excluding hydrogens is 224 g/mol. The number of hydrogen-bond acceptors (Lipinski definition) is 5. The van der Waals surface area contributed by atoms with Crippen LogP contribution in [0, 0.1) is 0 Å². The average Bonchev–Trinajstić information content (AvgIpc) is 2.10. The molecule has 0 aliphatic rings. The van der Waals surface area contributed by atoms with Crippen LogP contribution in [-0.4, -0.2) is 23.2 Å². The van der Waals surface area contributed by atoms with E-state index in [1.165, 1.54) is 18.2 Å². The molecule has 3 N–H and O–H groups in total. The SMILES string of the molecule is O=S(=O)(O)O/C=C\c1cccc(O)c1O. The van der Waals surface area contributed by atoms with Gasteiger partial charge in [0.15, 0.2) is 11.5 Å². The van der Waals surface area contributed by atoms with Crippen LogP contribution < -0.4 is 0 Å². The van der Waals surface area contributed by atoms with Gasteiger partial charge < -0.3 is 14.4 Å². The van der Waals surface area contributed by atoms with E-state index in [0.717, 1.165) is 6.08 Å². The standard InChI is InChI=1S/C8H8O6S/c9-7-3-1-2-6(8(7)10)4-5-14-15(11,12)13/h1-5,9-10H,(H,11,12,13)/b5-4-. The summed E-state index contributed by atoms with van der Waals surface area (Å²) in [4.78, 5) is 0. The van der Waals surface area contributed by atoms with Crippen molar-refractivity contribution >= 4 is 16.5 Å². The van der Waals surface area contributed by atoms with Crippen molar-refractivity contribution in [2.24, 2.45) is 0 Å². The molecule has 0 radical (unpaired) electrons. The van der Waals surface area contributed by atoms with Gasteiger partial charge in [-0.25, -0.2) is 0 Å². The minimum absolute atomic E-state index is 0.152. The lowest BCUT2D eigenvalue weighted by Gasteiger charge is -2.00. The summed E-state index contributed by atoms with van der Waals surface area (Å²) in [6, 6.07) is 4.12. The Morgan fingerprint density at radius 1 is 1.27 bits per heavy atom. The molecule has 1 aromatic carbocycles. The van der Waals surface area contributed by atoms with Gasteiger partial charge in [0.25, 0.3) is 0 Å². The lowest BCUT2D eigenvalue weighted by atomic mass is 10.2. The highest BCUT2D eigenvalue weighted by molar-refractivity contribution is 7.81. The molecule has 0 saturated heterocycles. The van der Waals surface area contributed by atoms with Gasteiger partial charge >= 0.3 is 10.4 Å². The molecule has 0 aliphatic carbocycles. The van der Waals surface area contributed by atoms with Gasteiger partial charge in [-0.15, -0.1) is 0 Å². The van der Waals surface area contributed by atoms with Crippen LogP contribution in [0.1, 0.15) is 5.56 Å². The predicted molar refractivity (Wildman–Crippen MR) is 51.4 cm³/mol. The fraction of sp³-hybridized carbons (Fsp3) is 0. The Morgan fingerprint density at radius 3 is 2.53 bits per heavy atom. The second-order valence-electron chi connectivity index (χ2n) is 2.54. The normalized spacial score (nSPS) is 11.8. The van der Waals surface area contributed by atoms with E-state index in [1.54, 1.807) is 0 Å². The van der Waals surface area contributed by atoms with Crippen LogP contribution in [0.15, 0.2) is 24.5 Å². The monoisotopic (exact) mass is 232 g/mol. The van der Waals surface area contributed by atoms with Gasteiger partial charge in [0.1, 0.15) is 6.26 Å². The molecule has 6 nitrogen and oxygen atoms in total. The Morgan fingerprint density at radius 2 is 1.93 bits per heavy atom. The maximum absolute atomic E-state index is 10.1. The zero-order chi connectivity index (χ0) is 11.5. The highest BCUT2D eigenvalue weighted by Gasteiger charge is 2.03. The predicted octanol–water partition coefficient (Wildman–Crippen LogP) is 0.888. The van der Waals surface area contributed by atoms with Crippen LogP contribution in [0.25, 0.3) is 6.08 Å². The first-order valence-corrected chi connectivity index (χ1v) is 5.10. The van der Waals surface area contributed by atoms with Gasteiger partial charge in [0.05, 0.1) is 0 Å². The molecule has 7 heteroatoms. The van der Waals surface area contributed by atoms with Crippen LogP contribution >= 0.6 is 0 Å². The molecule has 0 spiro atoms. The molecule has 1 aromatic rings. The summed E-state index contributed by atoms with van der Waals surface area (Å²) < 4.78 is 32.4. The highest BCUT2D eigenvalue weighted by Crippen LogP contribution is 2.28. The number of aromatic hydroxyl groups is 2. The molecule has 1 rings (SSSR count). The summed E-state index contributed by atoms with van der Waals surface area (Å²) in [6.07, 6.45) is 1.74. The van der Waals surface area contributed by atoms with E-state index in [4.69, 9.17) is 9.66 Å². The maximum atomic E-state index is 10.1. The van der Waals surface area contributed by atoms with Gasteiger partial charge in [-0.05, 0) is 12.1 Å². The molecule has 0 atom stereocenters. The number of phenolic OH excluding ortho intramolecular Hbond substituents is 2. The molecule has 0 aliphatic heterocycles. The average molecular weight is 232 g/mol. The first-order valence-electron chi connectivity index (χ1n) is 3.73. The molecule has 0 saturated carbocycles. The van der Waals surface area contributed by atoms with E-state index in [1.807, 2.05) is 0 Å². The molecule has 0 amide bonds. The summed E-state index contributed by atoms with van der Waals surface area (Å²) >= 11 is 0. The Bertz CT molecular complexity index is 476. The molecular formula is C8H8O6S. The Balaban J connectivity index is 2.86. The molecule has 15 heavy (non-hydrogen) atoms. The summed E-state index contributed by atoms with van der Waals surface area (Å²) in [6.45, 7) is 0. The van der Waals surface area contributed by atoms with Crippen molar-refractivity contribution in [1.82, 2.24) is 0 Å². The first-order chi connectivity index (χ1) is 6.90. The van der Waals surface area contributed by atoms with Crippen molar-refractivity contribution in [3.8, 4) is 11.5 Å². The molecule has 0 heterocycles. The topological polar surface area (TPSA) is 104 Å². The highest BCUT2D eigenvalue weighted by atomic mass is 32.3. The number of rotatable bonds is 3. The third-order valence-electron chi connectivity index (χ3n) is 1.47. The van der Waals surface area contributed by atoms with Gasteiger partial charge in [0, 0.05) is 5.56 Å². The van der Waals surface area contributed by atoms with Crippen molar-refractivity contribution in [3.05, 3.63) is 30.0 Å². The summed E-state index contributed by atoms with van der Waals surface area (Å²) in [5.41, 5.74) is 0.152. The maximum Gasteiger partial charge on any atom is 0.445 e. The molecule has 0 aromatic heterocycles. The number of benzene rings is 1. The zero-order valence-electron chi connectivity index (χ0n) is 7.36. The molecule has 0 bridgehead atoms. The van der Waals surface area contributed by atoms with Crippen molar-refractivity contribution in [2.45, 2.75) is 0 Å². The number of phenols is 2. The number of hydrogen-bond donors (Lipinski definition) is 3. The quantitative estimate of drug-likeness (QED) is 0.406. The zero-order valence-corrected chi connectivity index (χ0v) is 8.18. The van der Waals surface area contributed by atoms with Crippen LogP contribution in [0.3, 0.4) is 0 Å². The van der Waals surface area contributed by atoms with Gasteiger partial charge in [0.2, 0.25) is 0 Å². The van der Waals surface area contributed by atoms with Crippen LogP contribution in [0.4, 0.5) is 0 Å². The molecule has 82 valence electrons. The van der Waals surface area contributed by atoms with E-state index in [0.29, 0.717) is 6.26 Å². The second-order valence-corrected chi connectivity index (χ2v) is 3.59. The van der Waals surface area contributed by atoms with Crippen LogP contribution in [0.5, 0.6) is 11.5 Å². The summed E-state index contributed by atoms with van der Waals surface area (Å²) in [7, 11) is -4.55. The number of para-hydroxylation sites is 1. The van der Waals surface area contributed by atoms with E-state index < -0.39 is 16.1 Å². The Hall–Kier alpha value is -1.73. The molecule has 0 fully saturated rings. The van der Waals surface area contributed by atoms with Crippen LogP contribution in [-0.2, 0) is 14.6 Å². The van der Waals surface area contributed by atoms with Gasteiger partial charge in [-0.2, -0.15) is 8.42 Å². The minimum Gasteiger partial charge on any atom is -0.504 e. The van der Waals surface area contributed by atoms with E-state index in [2.05, 4.69) is 4.18 Å². The second kappa shape index (κ2) is 4.20. The lowest BCUT2D eigenvalue weighted by Crippen LogP contribution is -1.96. The van der Waals surface area contributed by atoms with Crippen molar-refractivity contribution in [2.75, 3.05) is 0 Å². The van der Waals surface area contributed by atoms with Gasteiger partial charge in [-0.1, -0.05) is 12.1 Å². The fourth-order valence-corrected chi connectivity index (χ4v) is 1.05. The van der Waals surface area contributed by atoms with Crippen LogP contribution in [0.2, 0.25) is 0 Å². The van der Waals surface area contributed by atoms with Gasteiger partial charge in [-0.3, -0.25) is 4.55 Å². The minimum atomic E-state index is -4.55. The van der Waals surface area contributed by atoms with Crippen molar-refractivity contribution < 1.29 is 27.4 Å². The van der Waals surface area contributed by atoms with E-state index >= 15 is 0 Å². The molecule has 0 unspecified atom stereocenters. The van der Waals surface area contributed by atoms with Crippen molar-refractivity contribution in [1.29, 1.82) is 0 Å². The first kappa shape index (κ1) is 11.3. The summed E-state index contributed by atoms with van der Waals surface area (Å²) in [5.74, 6) is -0.753. The van der Waals surface area contributed by atoms with E-state index in [-0.39, 0.29) is 11.3 Å².